The van der Waals surface area contributed by atoms with Crippen LogP contribution in [-0.2, 0) is 4.79 Å². The molecule has 0 aliphatic rings. The van der Waals surface area contributed by atoms with E-state index in [0.717, 1.165) is 0 Å². The second-order valence-electron chi connectivity index (χ2n) is 5.52. The van der Waals surface area contributed by atoms with Gasteiger partial charge in [0.1, 0.15) is 0 Å². The lowest BCUT2D eigenvalue weighted by Crippen LogP contribution is -2.32. The summed E-state index contributed by atoms with van der Waals surface area (Å²) in [6, 6.07) is 0. The first-order chi connectivity index (χ1) is 10.9. The van der Waals surface area contributed by atoms with Crippen molar-refractivity contribution in [3.8, 4) is 0 Å². The Morgan fingerprint density at radius 1 is 0.708 bits per heavy atom. The Bertz CT molecular complexity index is 671. The van der Waals surface area contributed by atoms with Crippen LogP contribution in [0.15, 0.2) is 0 Å². The van der Waals surface area contributed by atoms with Crippen LogP contribution in [-0.4, -0.2) is 62.8 Å². The van der Waals surface area contributed by atoms with Gasteiger partial charge in [-0.15, -0.1) is 0 Å². The number of halogens is 3. The topological polar surface area (TPSA) is 60.9 Å². The van der Waals surface area contributed by atoms with E-state index in [2.05, 4.69) is 45.2 Å². The van der Waals surface area contributed by atoms with Crippen molar-refractivity contribution in [1.82, 2.24) is 9.80 Å². The fraction of sp³-hybridized carbons (Fsp3) is 0.400. The van der Waals surface area contributed by atoms with Crippen LogP contribution in [0.1, 0.15) is 27.6 Å². The highest BCUT2D eigenvalue weighted by Gasteiger charge is 2.31. The van der Waals surface area contributed by atoms with Gasteiger partial charge in [-0.25, -0.2) is 0 Å². The Labute approximate surface area is 182 Å². The van der Waals surface area contributed by atoms with Gasteiger partial charge in [0.15, 0.2) is 0 Å². The molecule has 132 valence electrons. The van der Waals surface area contributed by atoms with E-state index in [1.54, 1.807) is 35.2 Å². The maximum Gasteiger partial charge on any atom is 0.255 e. The van der Waals surface area contributed by atoms with Gasteiger partial charge in [-0.05, 0) is 67.8 Å². The lowest BCUT2D eigenvalue weighted by Gasteiger charge is -2.26. The summed E-state index contributed by atoms with van der Waals surface area (Å²) >= 11 is 6.18. The normalized spacial score (nSPS) is 10.4. The van der Waals surface area contributed by atoms with Crippen molar-refractivity contribution in [2.75, 3.05) is 40.1 Å². The molecule has 0 saturated heterocycles. The second-order valence-corrected chi connectivity index (χ2v) is 8.75. The molecule has 0 atom stereocenters. The summed E-state index contributed by atoms with van der Waals surface area (Å²) < 4.78 is 1.92. The molecule has 0 aliphatic heterocycles. The Morgan fingerprint density at radius 2 is 1.04 bits per heavy atom. The number of amides is 3. The molecule has 24 heavy (non-hydrogen) atoms. The van der Waals surface area contributed by atoms with Gasteiger partial charge in [0.2, 0.25) is 5.91 Å². The molecule has 0 bridgehead atoms. The molecule has 6 nitrogen and oxygen atoms in total. The Morgan fingerprint density at radius 3 is 1.29 bits per heavy atom. The molecular formula is C15H18I3N3O3. The summed E-state index contributed by atoms with van der Waals surface area (Å²) in [5.74, 6) is -0.573. The zero-order chi connectivity index (χ0) is 18.9. The largest absolute Gasteiger partial charge is 0.345 e. The summed E-state index contributed by atoms with van der Waals surface area (Å²) in [4.78, 5) is 41.6. The van der Waals surface area contributed by atoms with Gasteiger partial charge in [0, 0.05) is 45.7 Å². The minimum atomic E-state index is -0.203. The van der Waals surface area contributed by atoms with Crippen LogP contribution in [0.3, 0.4) is 0 Å². The van der Waals surface area contributed by atoms with E-state index in [-0.39, 0.29) is 17.7 Å². The number of carbonyl (C=O) groups is 3. The van der Waals surface area contributed by atoms with E-state index in [9.17, 15) is 14.4 Å². The van der Waals surface area contributed by atoms with Gasteiger partial charge >= 0.3 is 0 Å². The van der Waals surface area contributed by atoms with E-state index in [0.29, 0.717) is 27.5 Å². The molecule has 0 unspecified atom stereocenters. The molecular weight excluding hydrogens is 651 g/mol. The standard InChI is InChI=1S/C15H18I3N3O3/c1-7(22)21(6)13-11(17)8(14(23)19(2)3)10(16)9(12(13)18)15(24)20(4)5/h1-6H3. The molecule has 3 amide bonds. The first kappa shape index (κ1) is 21.9. The van der Waals surface area contributed by atoms with E-state index in [4.69, 9.17) is 0 Å². The zero-order valence-electron chi connectivity index (χ0n) is 14.2. The highest BCUT2D eigenvalue weighted by Crippen LogP contribution is 2.38. The number of nitrogens with zero attached hydrogens (tertiary/aromatic N) is 3. The number of anilines is 1. The third kappa shape index (κ3) is 4.14. The Balaban J connectivity index is 3.95. The molecule has 1 aromatic rings. The SMILES string of the molecule is CC(=O)N(C)c1c(I)c(C(=O)N(C)C)c(I)c(C(=O)N(C)C)c1I. The van der Waals surface area contributed by atoms with Crippen molar-refractivity contribution in [3.05, 3.63) is 21.8 Å². The molecule has 9 heteroatoms. The number of rotatable bonds is 3. The van der Waals surface area contributed by atoms with Crippen LogP contribution in [0.4, 0.5) is 5.69 Å². The van der Waals surface area contributed by atoms with E-state index in [1.807, 2.05) is 22.6 Å². The van der Waals surface area contributed by atoms with E-state index in [1.165, 1.54) is 21.6 Å². The molecule has 1 aromatic carbocycles. The number of hydrogen-bond acceptors (Lipinski definition) is 3. The minimum Gasteiger partial charge on any atom is -0.345 e. The highest BCUT2D eigenvalue weighted by atomic mass is 127. The van der Waals surface area contributed by atoms with E-state index >= 15 is 0 Å². The number of benzene rings is 1. The fourth-order valence-electron chi connectivity index (χ4n) is 1.93. The third-order valence-corrected chi connectivity index (χ3v) is 6.52. The lowest BCUT2D eigenvalue weighted by atomic mass is 10.1. The first-order valence-corrected chi connectivity index (χ1v) is 10.0. The smallest absolute Gasteiger partial charge is 0.255 e. The van der Waals surface area contributed by atoms with Crippen LogP contribution in [0, 0.1) is 10.7 Å². The molecule has 0 aromatic heterocycles. The van der Waals surface area contributed by atoms with Gasteiger partial charge in [-0.1, -0.05) is 0 Å². The molecule has 0 aliphatic carbocycles. The maximum atomic E-state index is 12.7. The average Bonchev–Trinajstić information content (AvgIpc) is 2.46. The van der Waals surface area contributed by atoms with Crippen LogP contribution in [0.25, 0.3) is 0 Å². The third-order valence-electron chi connectivity index (χ3n) is 3.34. The fourth-order valence-corrected chi connectivity index (χ4v) is 6.74. The van der Waals surface area contributed by atoms with Crippen LogP contribution in [0.5, 0.6) is 0 Å². The van der Waals surface area contributed by atoms with Gasteiger partial charge in [-0.2, -0.15) is 0 Å². The van der Waals surface area contributed by atoms with Crippen LogP contribution in [0.2, 0.25) is 0 Å². The monoisotopic (exact) mass is 669 g/mol. The average molecular weight is 669 g/mol. The summed E-state index contributed by atoms with van der Waals surface area (Å²) in [7, 11) is 8.29. The summed E-state index contributed by atoms with van der Waals surface area (Å²) in [5, 5.41) is 0. The van der Waals surface area contributed by atoms with Gasteiger partial charge < -0.3 is 14.7 Å². The zero-order valence-corrected chi connectivity index (χ0v) is 20.7. The molecule has 0 saturated carbocycles. The molecule has 0 N–H and O–H groups in total. The van der Waals surface area contributed by atoms with Crippen LogP contribution < -0.4 is 4.90 Å². The quantitative estimate of drug-likeness (QED) is 0.466. The first-order valence-electron chi connectivity index (χ1n) is 6.81. The summed E-state index contributed by atoms with van der Waals surface area (Å²) in [6.45, 7) is 1.45. The molecule has 1 rings (SSSR count). The molecule has 0 spiro atoms. The Hall–Kier alpha value is -0.180. The molecule has 0 radical (unpaired) electrons. The summed E-state index contributed by atoms with van der Waals surface area (Å²) in [5.41, 5.74) is 1.46. The summed E-state index contributed by atoms with van der Waals surface area (Å²) in [6.07, 6.45) is 0. The Kier molecular flexibility index (Phi) is 7.71. The maximum absolute atomic E-state index is 12.7. The van der Waals surface area contributed by atoms with Crippen molar-refractivity contribution < 1.29 is 14.4 Å². The number of hydrogen-bond donors (Lipinski definition) is 0. The number of carbonyl (C=O) groups excluding carboxylic acids is 3. The highest BCUT2D eigenvalue weighted by molar-refractivity contribution is 14.1. The predicted molar refractivity (Wildman–Crippen MR) is 120 cm³/mol. The van der Waals surface area contributed by atoms with Gasteiger partial charge in [-0.3, -0.25) is 14.4 Å². The van der Waals surface area contributed by atoms with Crippen molar-refractivity contribution >= 4 is 91.2 Å². The van der Waals surface area contributed by atoms with Crippen molar-refractivity contribution in [2.24, 2.45) is 0 Å². The second kappa shape index (κ2) is 8.47. The minimum absolute atomic E-state index is 0.168. The van der Waals surface area contributed by atoms with Crippen LogP contribution >= 0.6 is 67.8 Å². The van der Waals surface area contributed by atoms with Crippen molar-refractivity contribution in [1.29, 1.82) is 0 Å². The predicted octanol–water partition coefficient (Wildman–Crippen LogP) is 2.89. The van der Waals surface area contributed by atoms with Gasteiger partial charge in [0.05, 0.1) is 24.0 Å². The van der Waals surface area contributed by atoms with Crippen molar-refractivity contribution in [3.63, 3.8) is 0 Å². The van der Waals surface area contributed by atoms with E-state index < -0.39 is 0 Å². The van der Waals surface area contributed by atoms with Crippen molar-refractivity contribution in [2.45, 2.75) is 6.92 Å². The molecule has 0 fully saturated rings. The molecule has 0 heterocycles. The lowest BCUT2D eigenvalue weighted by molar-refractivity contribution is -0.116. The van der Waals surface area contributed by atoms with Gasteiger partial charge in [0.25, 0.3) is 11.8 Å².